The van der Waals surface area contributed by atoms with Crippen LogP contribution in [0.1, 0.15) is 61.4 Å². The average molecular weight is 508 g/mol. The van der Waals surface area contributed by atoms with E-state index in [2.05, 4.69) is 21.8 Å². The Kier molecular flexibility index (Phi) is 8.11. The number of hydrogen-bond acceptors (Lipinski definition) is 5. The highest BCUT2D eigenvalue weighted by molar-refractivity contribution is 6.03. The zero-order chi connectivity index (χ0) is 26.5. The molecule has 0 spiro atoms. The second-order valence-electron chi connectivity index (χ2n) is 9.54. The summed E-state index contributed by atoms with van der Waals surface area (Å²) in [5, 5.41) is 8.32. The molecule has 1 aliphatic rings. The summed E-state index contributed by atoms with van der Waals surface area (Å²) in [6.45, 7) is 9.28. The fourth-order valence-electron chi connectivity index (χ4n) is 4.20. The Hall–Kier alpha value is -3.88. The number of aromatic nitrogens is 2. The predicted octanol–water partition coefficient (Wildman–Crippen LogP) is 5.23. The molecular weight excluding hydrogens is 476 g/mol. The molecule has 3 aromatic rings. The molecule has 0 radical (unpaired) electrons. The van der Waals surface area contributed by atoms with E-state index in [1.807, 2.05) is 18.7 Å². The van der Waals surface area contributed by atoms with Gasteiger partial charge < -0.3 is 14.2 Å². The van der Waals surface area contributed by atoms with Gasteiger partial charge in [0.05, 0.1) is 12.2 Å². The van der Waals surface area contributed by atoms with Crippen LogP contribution in [0.4, 0.5) is 8.78 Å². The summed E-state index contributed by atoms with van der Waals surface area (Å²) in [6.07, 6.45) is 1.49. The first-order valence-electron chi connectivity index (χ1n) is 12.3. The highest BCUT2D eigenvalue weighted by Gasteiger charge is 2.28. The molecule has 37 heavy (non-hydrogen) atoms. The largest absolute Gasteiger partial charge is 0.425 e. The maximum atomic E-state index is 13.6. The Balaban J connectivity index is 1.45. The van der Waals surface area contributed by atoms with Gasteiger partial charge in [0.15, 0.2) is 0 Å². The number of aliphatic imine (C=N–C) groups is 1. The number of rotatable bonds is 7. The number of halogens is 2. The van der Waals surface area contributed by atoms with Crippen LogP contribution in [0.25, 0.3) is 5.70 Å². The standard InChI is InChI=1S/C28H31F2N5O2/c1-18(2)27-32-33-28(37-27)22-13-15-35(16-14-22)25(36)17-34(4)26(21-7-11-24(30)12-8-21)31-19(3)20-5-9-23(29)10-6-20/h5-12,18,22H,3,13-17H2,1-2,4H3. The molecule has 0 aliphatic carbocycles. The smallest absolute Gasteiger partial charge is 0.242 e. The first-order valence-corrected chi connectivity index (χ1v) is 12.3. The highest BCUT2D eigenvalue weighted by Crippen LogP contribution is 2.28. The molecule has 7 nitrogen and oxygen atoms in total. The van der Waals surface area contributed by atoms with Gasteiger partial charge in [-0.1, -0.05) is 20.4 Å². The van der Waals surface area contributed by atoms with Gasteiger partial charge >= 0.3 is 0 Å². The van der Waals surface area contributed by atoms with E-state index in [0.717, 1.165) is 12.8 Å². The Morgan fingerprint density at radius 1 is 1.05 bits per heavy atom. The van der Waals surface area contributed by atoms with E-state index in [1.165, 1.54) is 24.3 Å². The second-order valence-corrected chi connectivity index (χ2v) is 9.54. The maximum absolute atomic E-state index is 13.6. The van der Waals surface area contributed by atoms with Crippen molar-refractivity contribution in [2.45, 2.75) is 38.5 Å². The highest BCUT2D eigenvalue weighted by atomic mass is 19.1. The lowest BCUT2D eigenvalue weighted by atomic mass is 9.97. The molecule has 194 valence electrons. The minimum atomic E-state index is -0.371. The zero-order valence-electron chi connectivity index (χ0n) is 21.3. The van der Waals surface area contributed by atoms with Crippen LogP contribution in [-0.4, -0.2) is 58.4 Å². The monoisotopic (exact) mass is 507 g/mol. The van der Waals surface area contributed by atoms with Crippen molar-refractivity contribution < 1.29 is 18.0 Å². The molecule has 0 bridgehead atoms. The summed E-state index contributed by atoms with van der Waals surface area (Å²) in [5.74, 6) is 1.27. The van der Waals surface area contributed by atoms with E-state index in [1.54, 1.807) is 36.2 Å². The normalized spacial score (nSPS) is 14.8. The van der Waals surface area contributed by atoms with Gasteiger partial charge in [-0.25, -0.2) is 13.8 Å². The van der Waals surface area contributed by atoms with Crippen molar-refractivity contribution in [3.05, 3.63) is 89.7 Å². The van der Waals surface area contributed by atoms with Crippen LogP contribution in [0.3, 0.4) is 0 Å². The maximum Gasteiger partial charge on any atom is 0.242 e. The van der Waals surface area contributed by atoms with Crippen molar-refractivity contribution in [2.75, 3.05) is 26.7 Å². The van der Waals surface area contributed by atoms with Gasteiger partial charge in [0.2, 0.25) is 17.7 Å². The predicted molar refractivity (Wildman–Crippen MR) is 138 cm³/mol. The van der Waals surface area contributed by atoms with E-state index >= 15 is 0 Å². The first kappa shape index (κ1) is 26.2. The lowest BCUT2D eigenvalue weighted by Gasteiger charge is -2.32. The van der Waals surface area contributed by atoms with Crippen molar-refractivity contribution in [1.82, 2.24) is 20.0 Å². The molecule has 9 heteroatoms. The number of benzene rings is 2. The molecule has 0 N–H and O–H groups in total. The van der Waals surface area contributed by atoms with Crippen LogP contribution in [-0.2, 0) is 4.79 Å². The molecule has 1 fully saturated rings. The molecule has 2 aromatic carbocycles. The van der Waals surface area contributed by atoms with Gasteiger partial charge in [-0.2, -0.15) is 0 Å². The third-order valence-electron chi connectivity index (χ3n) is 6.40. The summed E-state index contributed by atoms with van der Waals surface area (Å²) < 4.78 is 32.7. The molecule has 2 heterocycles. The van der Waals surface area contributed by atoms with E-state index in [9.17, 15) is 13.6 Å². The van der Waals surface area contributed by atoms with E-state index in [0.29, 0.717) is 47.5 Å². The van der Waals surface area contributed by atoms with Gasteiger partial charge in [-0.3, -0.25) is 4.79 Å². The zero-order valence-corrected chi connectivity index (χ0v) is 21.3. The number of piperidine rings is 1. The van der Waals surface area contributed by atoms with Crippen molar-refractivity contribution in [3.63, 3.8) is 0 Å². The topological polar surface area (TPSA) is 74.8 Å². The molecule has 1 saturated heterocycles. The fraction of sp³-hybridized carbons (Fsp3) is 0.357. The van der Waals surface area contributed by atoms with Crippen LogP contribution < -0.4 is 0 Å². The Labute approximate surface area is 215 Å². The molecule has 4 rings (SSSR count). The summed E-state index contributed by atoms with van der Waals surface area (Å²) in [7, 11) is 1.76. The lowest BCUT2D eigenvalue weighted by Crippen LogP contribution is -2.44. The average Bonchev–Trinajstić information content (AvgIpc) is 3.39. The van der Waals surface area contributed by atoms with Crippen molar-refractivity contribution in [2.24, 2.45) is 4.99 Å². The number of carbonyl (C=O) groups is 1. The summed E-state index contributed by atoms with van der Waals surface area (Å²) in [5.41, 5.74) is 1.68. The van der Waals surface area contributed by atoms with Crippen LogP contribution in [0.15, 0.2) is 64.5 Å². The Morgan fingerprint density at radius 2 is 1.62 bits per heavy atom. The van der Waals surface area contributed by atoms with Gasteiger partial charge in [0, 0.05) is 37.5 Å². The minimum Gasteiger partial charge on any atom is -0.425 e. The van der Waals surface area contributed by atoms with Gasteiger partial charge in [-0.05, 0) is 66.9 Å². The van der Waals surface area contributed by atoms with Gasteiger partial charge in [0.25, 0.3) is 0 Å². The van der Waals surface area contributed by atoms with Crippen LogP contribution in [0.2, 0.25) is 0 Å². The number of amides is 1. The van der Waals surface area contributed by atoms with Gasteiger partial charge in [-0.15, -0.1) is 10.2 Å². The Morgan fingerprint density at radius 3 is 2.16 bits per heavy atom. The molecular formula is C28H31F2N5O2. The molecule has 1 amide bonds. The lowest BCUT2D eigenvalue weighted by molar-refractivity contribution is -0.132. The molecule has 1 aliphatic heterocycles. The number of amidine groups is 1. The van der Waals surface area contributed by atoms with Crippen molar-refractivity contribution in [3.8, 4) is 0 Å². The third-order valence-corrected chi connectivity index (χ3v) is 6.40. The molecule has 0 unspecified atom stereocenters. The molecule has 0 atom stereocenters. The number of carbonyl (C=O) groups excluding carboxylic acids is 1. The Bertz CT molecular complexity index is 1260. The quantitative estimate of drug-likeness (QED) is 0.324. The number of nitrogens with zero attached hydrogens (tertiary/aromatic N) is 5. The summed E-state index contributed by atoms with van der Waals surface area (Å²) in [4.78, 5) is 21.4. The number of likely N-dealkylation sites (tertiary alicyclic amines) is 1. The molecule has 0 saturated carbocycles. The van der Waals surface area contributed by atoms with Crippen molar-refractivity contribution in [1.29, 1.82) is 0 Å². The molecule has 1 aromatic heterocycles. The van der Waals surface area contributed by atoms with Gasteiger partial charge in [0.1, 0.15) is 17.5 Å². The van der Waals surface area contributed by atoms with E-state index in [-0.39, 0.29) is 35.9 Å². The summed E-state index contributed by atoms with van der Waals surface area (Å²) in [6, 6.07) is 11.7. The second kappa shape index (κ2) is 11.5. The van der Waals surface area contributed by atoms with E-state index in [4.69, 9.17) is 4.42 Å². The van der Waals surface area contributed by atoms with E-state index < -0.39 is 0 Å². The minimum absolute atomic E-state index is 0.0449. The fourth-order valence-corrected chi connectivity index (χ4v) is 4.20. The van der Waals surface area contributed by atoms with Crippen LogP contribution in [0.5, 0.6) is 0 Å². The number of likely N-dealkylation sites (N-methyl/N-ethyl adjacent to an activating group) is 1. The third kappa shape index (κ3) is 6.47. The van der Waals surface area contributed by atoms with Crippen molar-refractivity contribution >= 4 is 17.4 Å². The number of hydrogen-bond donors (Lipinski definition) is 0. The van der Waals surface area contributed by atoms with Crippen LogP contribution >= 0.6 is 0 Å². The van der Waals surface area contributed by atoms with Crippen LogP contribution in [0, 0.1) is 11.6 Å². The SMILES string of the molecule is C=C(N=C(c1ccc(F)cc1)N(C)CC(=O)N1CCC(c2nnc(C(C)C)o2)CC1)c1ccc(F)cc1. The first-order chi connectivity index (χ1) is 17.7. The summed E-state index contributed by atoms with van der Waals surface area (Å²) >= 11 is 0.